The number of ether oxygens (including phenoxy) is 1. The van der Waals surface area contributed by atoms with Gasteiger partial charge in [-0.2, -0.15) is 0 Å². The third-order valence-corrected chi connectivity index (χ3v) is 3.05. The highest BCUT2D eigenvalue weighted by molar-refractivity contribution is 6.07. The van der Waals surface area contributed by atoms with Crippen molar-refractivity contribution in [3.63, 3.8) is 0 Å². The zero-order chi connectivity index (χ0) is 13.0. The number of Topliss-reactive ketones (excluding diaryl/α,β-unsaturated/α-hetero) is 1. The number of nitrogens with zero attached hydrogens (tertiary/aromatic N) is 1. The van der Waals surface area contributed by atoms with Crippen LogP contribution in [0.1, 0.15) is 22.3 Å². The molecule has 4 nitrogen and oxygen atoms in total. The molecule has 0 unspecified atom stereocenters. The van der Waals surface area contributed by atoms with Gasteiger partial charge in [0.2, 0.25) is 5.91 Å². The lowest BCUT2D eigenvalue weighted by atomic mass is 10.1. The van der Waals surface area contributed by atoms with Crippen LogP contribution in [0.2, 0.25) is 0 Å². The maximum absolute atomic E-state index is 11.9. The number of rotatable bonds is 3. The molecule has 2 rings (SSSR count). The van der Waals surface area contributed by atoms with Crippen LogP contribution in [0.25, 0.3) is 0 Å². The second-order valence-corrected chi connectivity index (χ2v) is 4.46. The maximum atomic E-state index is 11.9. The lowest BCUT2D eigenvalue weighted by Crippen LogP contribution is -2.41. The topological polar surface area (TPSA) is 46.6 Å². The van der Waals surface area contributed by atoms with Crippen LogP contribution in [0.15, 0.2) is 24.3 Å². The molecule has 1 saturated heterocycles. The summed E-state index contributed by atoms with van der Waals surface area (Å²) >= 11 is 0. The van der Waals surface area contributed by atoms with Gasteiger partial charge in [-0.15, -0.1) is 0 Å². The molecular formula is C14H17NO3. The minimum absolute atomic E-state index is 0.0525. The van der Waals surface area contributed by atoms with E-state index in [9.17, 15) is 9.59 Å². The smallest absolute Gasteiger partial charge is 0.230 e. The Morgan fingerprint density at radius 1 is 1.17 bits per heavy atom. The highest BCUT2D eigenvalue weighted by atomic mass is 16.5. The van der Waals surface area contributed by atoms with Crippen LogP contribution < -0.4 is 0 Å². The van der Waals surface area contributed by atoms with Crippen LogP contribution in [0.5, 0.6) is 0 Å². The molecule has 0 aromatic heterocycles. The highest BCUT2D eigenvalue weighted by Crippen LogP contribution is 2.08. The first-order valence-corrected chi connectivity index (χ1v) is 6.12. The molecule has 4 heteroatoms. The molecule has 0 bridgehead atoms. The molecule has 1 aromatic carbocycles. The molecule has 18 heavy (non-hydrogen) atoms. The molecule has 0 radical (unpaired) electrons. The van der Waals surface area contributed by atoms with Crippen molar-refractivity contribution < 1.29 is 14.3 Å². The first-order chi connectivity index (χ1) is 8.66. The van der Waals surface area contributed by atoms with E-state index >= 15 is 0 Å². The summed E-state index contributed by atoms with van der Waals surface area (Å²) in [4.78, 5) is 25.5. The van der Waals surface area contributed by atoms with Crippen molar-refractivity contribution in [2.24, 2.45) is 0 Å². The van der Waals surface area contributed by atoms with Crippen LogP contribution in [-0.2, 0) is 9.53 Å². The largest absolute Gasteiger partial charge is 0.378 e. The molecule has 1 aromatic rings. The molecule has 1 heterocycles. The molecule has 0 saturated carbocycles. The normalized spacial score (nSPS) is 15.5. The molecule has 0 atom stereocenters. The van der Waals surface area contributed by atoms with Crippen LogP contribution in [0, 0.1) is 6.92 Å². The Bertz CT molecular complexity index is 433. The minimum Gasteiger partial charge on any atom is -0.378 e. The van der Waals surface area contributed by atoms with Gasteiger partial charge >= 0.3 is 0 Å². The average molecular weight is 247 g/mol. The minimum atomic E-state index is -0.119. The zero-order valence-electron chi connectivity index (χ0n) is 10.5. The number of morpholine rings is 1. The van der Waals surface area contributed by atoms with Gasteiger partial charge in [-0.05, 0) is 6.92 Å². The fourth-order valence-corrected chi connectivity index (χ4v) is 1.90. The molecule has 1 aliphatic rings. The first-order valence-electron chi connectivity index (χ1n) is 6.12. The van der Waals surface area contributed by atoms with Gasteiger partial charge in [0.25, 0.3) is 0 Å². The predicted molar refractivity (Wildman–Crippen MR) is 67.5 cm³/mol. The third-order valence-electron chi connectivity index (χ3n) is 3.05. The van der Waals surface area contributed by atoms with E-state index in [2.05, 4.69) is 0 Å². The fraction of sp³-hybridized carbons (Fsp3) is 0.429. The number of benzene rings is 1. The summed E-state index contributed by atoms with van der Waals surface area (Å²) in [5.74, 6) is -0.227. The molecule has 1 amide bonds. The van der Waals surface area contributed by atoms with Gasteiger partial charge in [0.15, 0.2) is 5.78 Å². The van der Waals surface area contributed by atoms with E-state index in [-0.39, 0.29) is 18.1 Å². The fourth-order valence-electron chi connectivity index (χ4n) is 1.90. The number of hydrogen-bond donors (Lipinski definition) is 0. The van der Waals surface area contributed by atoms with Gasteiger partial charge in [-0.1, -0.05) is 29.8 Å². The Balaban J connectivity index is 1.94. The third kappa shape index (κ3) is 3.17. The van der Waals surface area contributed by atoms with Crippen molar-refractivity contribution in [2.75, 3.05) is 26.3 Å². The highest BCUT2D eigenvalue weighted by Gasteiger charge is 2.20. The number of carbonyl (C=O) groups is 2. The van der Waals surface area contributed by atoms with E-state index in [0.29, 0.717) is 31.9 Å². The lowest BCUT2D eigenvalue weighted by molar-refractivity contribution is -0.134. The Morgan fingerprint density at radius 3 is 2.39 bits per heavy atom. The van der Waals surface area contributed by atoms with Crippen LogP contribution in [0.3, 0.4) is 0 Å². The van der Waals surface area contributed by atoms with Crippen LogP contribution in [0.4, 0.5) is 0 Å². The molecule has 96 valence electrons. The van der Waals surface area contributed by atoms with Crippen molar-refractivity contribution >= 4 is 11.7 Å². The first kappa shape index (κ1) is 12.8. The van der Waals surface area contributed by atoms with Gasteiger partial charge in [0, 0.05) is 18.7 Å². The second-order valence-electron chi connectivity index (χ2n) is 4.46. The van der Waals surface area contributed by atoms with Gasteiger partial charge in [0.05, 0.1) is 19.6 Å². The summed E-state index contributed by atoms with van der Waals surface area (Å²) in [6.07, 6.45) is -0.0525. The molecule has 1 fully saturated rings. The summed E-state index contributed by atoms with van der Waals surface area (Å²) in [5.41, 5.74) is 1.70. The van der Waals surface area contributed by atoms with Crippen molar-refractivity contribution in [2.45, 2.75) is 13.3 Å². The summed E-state index contributed by atoms with van der Waals surface area (Å²) in [6.45, 7) is 4.25. The molecular weight excluding hydrogens is 230 g/mol. The van der Waals surface area contributed by atoms with E-state index in [4.69, 9.17) is 4.74 Å². The number of amides is 1. The monoisotopic (exact) mass is 247 g/mol. The van der Waals surface area contributed by atoms with Crippen molar-refractivity contribution in [1.82, 2.24) is 4.90 Å². The van der Waals surface area contributed by atoms with Crippen LogP contribution in [-0.4, -0.2) is 42.9 Å². The number of carbonyl (C=O) groups excluding carboxylic acids is 2. The van der Waals surface area contributed by atoms with Crippen molar-refractivity contribution in [3.05, 3.63) is 35.4 Å². The SMILES string of the molecule is Cc1ccc(C(=O)CC(=O)N2CCOCC2)cc1. The zero-order valence-corrected chi connectivity index (χ0v) is 10.5. The van der Waals surface area contributed by atoms with Gasteiger partial charge in [0.1, 0.15) is 0 Å². The molecule has 0 N–H and O–H groups in total. The van der Waals surface area contributed by atoms with Crippen LogP contribution >= 0.6 is 0 Å². The quantitative estimate of drug-likeness (QED) is 0.599. The molecule has 0 spiro atoms. The standard InChI is InChI=1S/C14H17NO3/c1-11-2-4-12(5-3-11)13(16)10-14(17)15-6-8-18-9-7-15/h2-5H,6-10H2,1H3. The van der Waals surface area contributed by atoms with Crippen molar-refractivity contribution in [1.29, 1.82) is 0 Å². The number of hydrogen-bond acceptors (Lipinski definition) is 3. The number of aryl methyl sites for hydroxylation is 1. The Labute approximate surface area is 107 Å². The Morgan fingerprint density at radius 2 is 1.78 bits per heavy atom. The lowest BCUT2D eigenvalue weighted by Gasteiger charge is -2.26. The molecule has 0 aliphatic carbocycles. The Hall–Kier alpha value is -1.68. The maximum Gasteiger partial charge on any atom is 0.230 e. The van der Waals surface area contributed by atoms with E-state index in [1.54, 1.807) is 17.0 Å². The van der Waals surface area contributed by atoms with E-state index in [1.165, 1.54) is 0 Å². The summed E-state index contributed by atoms with van der Waals surface area (Å²) in [7, 11) is 0. The van der Waals surface area contributed by atoms with E-state index in [0.717, 1.165) is 5.56 Å². The number of ketones is 1. The average Bonchev–Trinajstić information content (AvgIpc) is 2.40. The molecule has 1 aliphatic heterocycles. The summed E-state index contributed by atoms with van der Waals surface area (Å²) in [6, 6.07) is 7.30. The van der Waals surface area contributed by atoms with E-state index < -0.39 is 0 Å². The van der Waals surface area contributed by atoms with Gasteiger partial charge < -0.3 is 9.64 Å². The second kappa shape index (κ2) is 5.78. The van der Waals surface area contributed by atoms with Crippen molar-refractivity contribution in [3.8, 4) is 0 Å². The van der Waals surface area contributed by atoms with Gasteiger partial charge in [-0.25, -0.2) is 0 Å². The van der Waals surface area contributed by atoms with E-state index in [1.807, 2.05) is 19.1 Å². The van der Waals surface area contributed by atoms with Gasteiger partial charge in [-0.3, -0.25) is 9.59 Å². The predicted octanol–water partition coefficient (Wildman–Crippen LogP) is 1.43. The summed E-state index contributed by atoms with van der Waals surface area (Å²) < 4.78 is 5.17. The Kier molecular flexibility index (Phi) is 4.10. The summed E-state index contributed by atoms with van der Waals surface area (Å²) in [5, 5.41) is 0.